The molecule has 0 aromatic heterocycles. The van der Waals surface area contributed by atoms with Gasteiger partial charge in [0.05, 0.1) is 11.4 Å². The summed E-state index contributed by atoms with van der Waals surface area (Å²) in [5.74, 6) is 0. The standard InChI is InChI=1S/C30H52N2O2Si2/c1-29(2,3)35(7,8)33-21-11-13-25-19-17-23-15-16-24-18-20-26(32-28(24)27(23)31-25)14-12-22-34-36(9,10)30(4,5)6/h15-20,25-26,31-32H,11-14,21-22H2,1-10H3. The summed E-state index contributed by atoms with van der Waals surface area (Å²) in [4.78, 5) is 0. The van der Waals surface area contributed by atoms with E-state index >= 15 is 0 Å². The van der Waals surface area contributed by atoms with Crippen LogP contribution in [-0.4, -0.2) is 41.9 Å². The van der Waals surface area contributed by atoms with Crippen molar-refractivity contribution in [2.24, 2.45) is 0 Å². The van der Waals surface area contributed by atoms with Crippen LogP contribution in [0, 0.1) is 0 Å². The third-order valence-electron chi connectivity index (χ3n) is 8.80. The van der Waals surface area contributed by atoms with E-state index in [0.717, 1.165) is 38.9 Å². The summed E-state index contributed by atoms with van der Waals surface area (Å²) in [6.45, 7) is 24.9. The average molecular weight is 529 g/mol. The molecule has 0 aliphatic carbocycles. The van der Waals surface area contributed by atoms with Crippen LogP contribution >= 0.6 is 0 Å². The normalized spacial score (nSPS) is 19.9. The summed E-state index contributed by atoms with van der Waals surface area (Å²) in [6.07, 6.45) is 13.5. The minimum atomic E-state index is -1.67. The van der Waals surface area contributed by atoms with Gasteiger partial charge in [0.2, 0.25) is 0 Å². The van der Waals surface area contributed by atoms with Crippen molar-refractivity contribution in [1.82, 2.24) is 0 Å². The second-order valence-corrected chi connectivity index (χ2v) is 23.3. The number of anilines is 2. The van der Waals surface area contributed by atoms with E-state index < -0.39 is 16.6 Å². The van der Waals surface area contributed by atoms with Crippen LogP contribution in [0.15, 0.2) is 24.3 Å². The molecule has 6 heteroatoms. The van der Waals surface area contributed by atoms with Crippen LogP contribution in [0.25, 0.3) is 12.2 Å². The highest BCUT2D eigenvalue weighted by molar-refractivity contribution is 6.74. The van der Waals surface area contributed by atoms with Crippen LogP contribution < -0.4 is 10.6 Å². The lowest BCUT2D eigenvalue weighted by Gasteiger charge is -2.36. The Labute approximate surface area is 223 Å². The highest BCUT2D eigenvalue weighted by Crippen LogP contribution is 2.40. The van der Waals surface area contributed by atoms with E-state index in [0.29, 0.717) is 12.1 Å². The Bertz CT molecular complexity index is 878. The van der Waals surface area contributed by atoms with Gasteiger partial charge >= 0.3 is 0 Å². The molecule has 0 spiro atoms. The van der Waals surface area contributed by atoms with Crippen LogP contribution in [0.2, 0.25) is 36.3 Å². The van der Waals surface area contributed by atoms with Crippen LogP contribution in [0.5, 0.6) is 0 Å². The molecule has 0 radical (unpaired) electrons. The van der Waals surface area contributed by atoms with Crippen LogP contribution in [0.3, 0.4) is 0 Å². The highest BCUT2D eigenvalue weighted by atomic mass is 28.4. The number of fused-ring (bicyclic) bond motifs is 3. The zero-order valence-electron chi connectivity index (χ0n) is 24.7. The molecular weight excluding hydrogens is 477 g/mol. The third-order valence-corrected chi connectivity index (χ3v) is 17.9. The Morgan fingerprint density at radius 1 is 0.667 bits per heavy atom. The van der Waals surface area contributed by atoms with Crippen LogP contribution in [0.4, 0.5) is 11.4 Å². The second-order valence-electron chi connectivity index (χ2n) is 13.7. The Balaban J connectivity index is 1.53. The number of hydrogen-bond acceptors (Lipinski definition) is 4. The fraction of sp³-hybridized carbons (Fsp3) is 0.667. The summed E-state index contributed by atoms with van der Waals surface area (Å²) < 4.78 is 12.8. The van der Waals surface area contributed by atoms with Gasteiger partial charge in [-0.25, -0.2) is 0 Å². The number of benzene rings is 1. The maximum absolute atomic E-state index is 6.40. The summed E-state index contributed by atoms with van der Waals surface area (Å²) in [7, 11) is -3.35. The van der Waals surface area contributed by atoms with Gasteiger partial charge in [-0.1, -0.05) is 78.0 Å². The molecule has 2 heterocycles. The van der Waals surface area contributed by atoms with Gasteiger partial charge in [-0.15, -0.1) is 0 Å². The van der Waals surface area contributed by atoms with Crippen LogP contribution in [-0.2, 0) is 8.85 Å². The van der Waals surface area contributed by atoms with E-state index in [1.807, 2.05) is 0 Å². The maximum Gasteiger partial charge on any atom is 0.191 e. The van der Waals surface area contributed by atoms with Crippen molar-refractivity contribution in [2.75, 3.05) is 23.8 Å². The van der Waals surface area contributed by atoms with E-state index in [-0.39, 0.29) is 10.1 Å². The van der Waals surface area contributed by atoms with Gasteiger partial charge in [0.1, 0.15) is 0 Å². The van der Waals surface area contributed by atoms with Crippen molar-refractivity contribution in [3.63, 3.8) is 0 Å². The summed E-state index contributed by atoms with van der Waals surface area (Å²) in [5, 5.41) is 8.19. The molecule has 0 fully saturated rings. The van der Waals surface area contributed by atoms with Gasteiger partial charge < -0.3 is 19.5 Å². The first-order valence-electron chi connectivity index (χ1n) is 14.0. The third kappa shape index (κ3) is 7.15. The maximum atomic E-state index is 6.40. The first-order chi connectivity index (χ1) is 16.6. The molecule has 2 aliphatic heterocycles. The van der Waals surface area contributed by atoms with E-state index in [1.54, 1.807) is 0 Å². The number of rotatable bonds is 10. The molecule has 3 rings (SSSR count). The molecule has 36 heavy (non-hydrogen) atoms. The molecule has 2 unspecified atom stereocenters. The second kappa shape index (κ2) is 11.2. The SMILES string of the molecule is CC(C)(C)[Si](C)(C)OCCCC1C=Cc2ccc3c(c2N1)NC(CCCO[Si](C)(C)C(C)(C)C)C=C3. The summed E-state index contributed by atoms with van der Waals surface area (Å²) >= 11 is 0. The van der Waals surface area contributed by atoms with E-state index in [2.05, 4.69) is 115 Å². The molecule has 0 bridgehead atoms. The smallest absolute Gasteiger partial charge is 0.191 e. The van der Waals surface area contributed by atoms with E-state index in [1.165, 1.54) is 22.5 Å². The van der Waals surface area contributed by atoms with Crippen molar-refractivity contribution < 1.29 is 8.85 Å². The molecular formula is C30H52N2O2Si2. The molecule has 2 atom stereocenters. The van der Waals surface area contributed by atoms with E-state index in [9.17, 15) is 0 Å². The van der Waals surface area contributed by atoms with Gasteiger partial charge in [0.25, 0.3) is 0 Å². The molecule has 0 saturated carbocycles. The van der Waals surface area contributed by atoms with Crippen LogP contribution in [0.1, 0.15) is 78.4 Å². The topological polar surface area (TPSA) is 42.5 Å². The number of hydrogen-bond donors (Lipinski definition) is 2. The minimum absolute atomic E-state index is 0.264. The Kier molecular flexibility index (Phi) is 9.07. The lowest BCUT2D eigenvalue weighted by atomic mass is 9.95. The highest BCUT2D eigenvalue weighted by Gasteiger charge is 2.37. The van der Waals surface area contributed by atoms with Crippen molar-refractivity contribution in [2.45, 2.75) is 116 Å². The molecule has 1 aromatic rings. The molecule has 2 N–H and O–H groups in total. The zero-order chi connectivity index (χ0) is 26.8. The Morgan fingerprint density at radius 3 is 1.36 bits per heavy atom. The lowest BCUT2D eigenvalue weighted by Crippen LogP contribution is -2.41. The predicted molar refractivity (Wildman–Crippen MR) is 164 cm³/mol. The number of nitrogens with one attached hydrogen (secondary N) is 2. The Morgan fingerprint density at radius 2 is 1.03 bits per heavy atom. The quantitative estimate of drug-likeness (QED) is 0.235. The van der Waals surface area contributed by atoms with Gasteiger partial charge in [-0.3, -0.25) is 0 Å². The monoisotopic (exact) mass is 528 g/mol. The average Bonchev–Trinajstić information content (AvgIpc) is 2.78. The summed E-state index contributed by atoms with van der Waals surface area (Å²) in [6, 6.07) is 5.15. The molecule has 0 saturated heterocycles. The fourth-order valence-electron chi connectivity index (χ4n) is 4.16. The largest absolute Gasteiger partial charge is 0.417 e. The molecule has 2 aliphatic rings. The molecule has 0 amide bonds. The Hall–Kier alpha value is -1.35. The predicted octanol–water partition coefficient (Wildman–Crippen LogP) is 8.91. The van der Waals surface area contributed by atoms with Crippen molar-refractivity contribution >= 4 is 40.2 Å². The molecule has 202 valence electrons. The first kappa shape index (κ1) is 29.2. The zero-order valence-corrected chi connectivity index (χ0v) is 26.7. The van der Waals surface area contributed by atoms with Gasteiger partial charge in [-0.05, 0) is 73.1 Å². The first-order valence-corrected chi connectivity index (χ1v) is 19.8. The van der Waals surface area contributed by atoms with Crippen molar-refractivity contribution in [3.8, 4) is 0 Å². The lowest BCUT2D eigenvalue weighted by molar-refractivity contribution is 0.278. The van der Waals surface area contributed by atoms with E-state index in [4.69, 9.17) is 8.85 Å². The minimum Gasteiger partial charge on any atom is -0.417 e. The van der Waals surface area contributed by atoms with Crippen molar-refractivity contribution in [3.05, 3.63) is 35.4 Å². The molecule has 1 aromatic carbocycles. The van der Waals surface area contributed by atoms with Gasteiger partial charge in [-0.2, -0.15) is 0 Å². The van der Waals surface area contributed by atoms with Gasteiger partial charge in [0, 0.05) is 25.3 Å². The fourth-order valence-corrected chi connectivity index (χ4v) is 6.34. The molecule has 4 nitrogen and oxygen atoms in total. The van der Waals surface area contributed by atoms with Gasteiger partial charge in [0.15, 0.2) is 16.6 Å². The van der Waals surface area contributed by atoms with Crippen molar-refractivity contribution in [1.29, 1.82) is 0 Å². The summed E-state index contributed by atoms with van der Waals surface area (Å²) in [5.41, 5.74) is 5.03.